The number of halogens is 3. The van der Waals surface area contributed by atoms with Crippen LogP contribution in [0.2, 0.25) is 5.02 Å². The lowest BCUT2D eigenvalue weighted by molar-refractivity contribution is -0.122. The zero-order valence-corrected chi connectivity index (χ0v) is 25.7. The Labute approximate surface area is 256 Å². The second-order valence-corrected chi connectivity index (χ2v) is 13.1. The summed E-state index contributed by atoms with van der Waals surface area (Å²) in [6.45, 7) is 6.11. The lowest BCUT2D eigenvalue weighted by atomic mass is 9.62. The van der Waals surface area contributed by atoms with E-state index in [1.54, 1.807) is 18.2 Å². The fourth-order valence-electron chi connectivity index (χ4n) is 6.29. The van der Waals surface area contributed by atoms with Crippen molar-refractivity contribution in [3.05, 3.63) is 86.6 Å². The lowest BCUT2D eigenvalue weighted by Crippen LogP contribution is -2.49. The molecule has 4 N–H and O–H groups in total. The van der Waals surface area contributed by atoms with E-state index in [0.29, 0.717) is 17.7 Å². The second-order valence-electron chi connectivity index (χ2n) is 11.8. The highest BCUT2D eigenvalue weighted by molar-refractivity contribution is 9.10. The first-order valence-corrected chi connectivity index (χ1v) is 14.5. The molecule has 3 aromatic rings. The second kappa shape index (κ2) is 11.0. The quantitative estimate of drug-likeness (QED) is 0.246. The van der Waals surface area contributed by atoms with Crippen molar-refractivity contribution < 1.29 is 28.6 Å². The van der Waals surface area contributed by atoms with Crippen LogP contribution in [-0.4, -0.2) is 42.1 Å². The van der Waals surface area contributed by atoms with Crippen molar-refractivity contribution in [2.24, 2.45) is 5.41 Å². The molecule has 0 bridgehead atoms. The Morgan fingerprint density at radius 1 is 1.17 bits per heavy atom. The highest BCUT2D eigenvalue weighted by Gasteiger charge is 2.66. The van der Waals surface area contributed by atoms with Crippen molar-refractivity contribution in [1.82, 2.24) is 5.32 Å². The number of ether oxygens (including phenoxy) is 1. The smallest absolute Gasteiger partial charge is 0.335 e. The number of carboxylic acids is 1. The molecule has 0 saturated carbocycles. The number of amides is 2. The number of rotatable bonds is 6. The molecule has 220 valence electrons. The summed E-state index contributed by atoms with van der Waals surface area (Å²) in [6.07, 6.45) is 0.481. The molecule has 0 aliphatic carbocycles. The van der Waals surface area contributed by atoms with Crippen LogP contribution in [0.15, 0.2) is 59.1 Å². The van der Waals surface area contributed by atoms with Gasteiger partial charge in [-0.2, -0.15) is 0 Å². The maximum absolute atomic E-state index is 15.9. The molecule has 11 heteroatoms. The number of hydrogen-bond donors (Lipinski definition) is 4. The van der Waals surface area contributed by atoms with Crippen LogP contribution in [0.1, 0.15) is 54.6 Å². The van der Waals surface area contributed by atoms with E-state index in [-0.39, 0.29) is 38.9 Å². The number of benzene rings is 3. The third-order valence-electron chi connectivity index (χ3n) is 7.93. The van der Waals surface area contributed by atoms with Gasteiger partial charge in [-0.1, -0.05) is 66.5 Å². The highest BCUT2D eigenvalue weighted by atomic mass is 79.9. The van der Waals surface area contributed by atoms with E-state index in [1.165, 1.54) is 31.4 Å². The van der Waals surface area contributed by atoms with Crippen LogP contribution < -0.4 is 20.7 Å². The molecule has 8 nitrogen and oxygen atoms in total. The van der Waals surface area contributed by atoms with Gasteiger partial charge in [0.2, 0.25) is 11.8 Å². The van der Waals surface area contributed by atoms with Crippen molar-refractivity contribution in [2.75, 3.05) is 17.7 Å². The van der Waals surface area contributed by atoms with Gasteiger partial charge in [0.25, 0.3) is 0 Å². The minimum absolute atomic E-state index is 0.0164. The molecule has 42 heavy (non-hydrogen) atoms. The Morgan fingerprint density at radius 2 is 1.90 bits per heavy atom. The van der Waals surface area contributed by atoms with Gasteiger partial charge in [0.15, 0.2) is 0 Å². The largest absolute Gasteiger partial charge is 0.495 e. The van der Waals surface area contributed by atoms with Gasteiger partial charge in [0.05, 0.1) is 29.4 Å². The number of carboxylic acid groups (broad SMARTS) is 1. The van der Waals surface area contributed by atoms with Crippen molar-refractivity contribution in [3.8, 4) is 5.75 Å². The first-order valence-electron chi connectivity index (χ1n) is 13.3. The van der Waals surface area contributed by atoms with Gasteiger partial charge in [-0.3, -0.25) is 9.59 Å². The summed E-state index contributed by atoms with van der Waals surface area (Å²) in [6, 6.07) is 12.4. The van der Waals surface area contributed by atoms with E-state index in [0.717, 1.165) is 4.47 Å². The van der Waals surface area contributed by atoms with Crippen LogP contribution in [0, 0.1) is 11.2 Å². The Morgan fingerprint density at radius 3 is 2.57 bits per heavy atom. The van der Waals surface area contributed by atoms with Gasteiger partial charge in [0.1, 0.15) is 17.0 Å². The molecule has 0 aromatic heterocycles. The SMILES string of the molecule is COc1cc(C(=O)O)ccc1NC(=O)[C@@H]1N[C@@H](CC(C)(C)C)C2(C(=O)Nc3cc(Br)ccc32)[C@@H]1c1cccc(Cl)c1F. The van der Waals surface area contributed by atoms with Crippen molar-refractivity contribution >= 4 is 56.7 Å². The van der Waals surface area contributed by atoms with Crippen LogP contribution >= 0.6 is 27.5 Å². The predicted octanol–water partition coefficient (Wildman–Crippen LogP) is 6.34. The maximum atomic E-state index is 15.9. The Bertz CT molecular complexity index is 1610. The number of methoxy groups -OCH3 is 1. The molecule has 1 saturated heterocycles. The average molecular weight is 659 g/mol. The van der Waals surface area contributed by atoms with E-state index >= 15 is 4.39 Å². The highest BCUT2D eigenvalue weighted by Crippen LogP contribution is 2.57. The topological polar surface area (TPSA) is 117 Å². The molecule has 2 aliphatic heterocycles. The third kappa shape index (κ3) is 5.05. The van der Waals surface area contributed by atoms with E-state index in [2.05, 4.69) is 31.9 Å². The van der Waals surface area contributed by atoms with Gasteiger partial charge in [-0.15, -0.1) is 0 Å². The summed E-state index contributed by atoms with van der Waals surface area (Å²) in [5.74, 6) is -3.61. The summed E-state index contributed by atoms with van der Waals surface area (Å²) < 4.78 is 22.0. The molecule has 1 spiro atoms. The molecule has 3 aromatic carbocycles. The van der Waals surface area contributed by atoms with E-state index in [9.17, 15) is 19.5 Å². The van der Waals surface area contributed by atoms with Crippen molar-refractivity contribution in [2.45, 2.75) is 50.6 Å². The maximum Gasteiger partial charge on any atom is 0.335 e. The number of nitrogens with one attached hydrogen (secondary N) is 3. The molecule has 4 atom stereocenters. The molecule has 2 heterocycles. The molecule has 0 radical (unpaired) electrons. The molecule has 5 rings (SSSR count). The number of anilines is 2. The third-order valence-corrected chi connectivity index (χ3v) is 8.71. The molecule has 1 unspecified atom stereocenters. The van der Waals surface area contributed by atoms with E-state index in [1.807, 2.05) is 32.9 Å². The van der Waals surface area contributed by atoms with E-state index in [4.69, 9.17) is 16.3 Å². The number of carbonyl (C=O) groups excluding carboxylic acids is 2. The van der Waals surface area contributed by atoms with Gasteiger partial charge >= 0.3 is 5.97 Å². The summed E-state index contributed by atoms with van der Waals surface area (Å²) in [5, 5.41) is 18.5. The summed E-state index contributed by atoms with van der Waals surface area (Å²) in [7, 11) is 1.36. The van der Waals surface area contributed by atoms with Crippen LogP contribution in [0.4, 0.5) is 15.8 Å². The molecule has 2 aliphatic rings. The Kier molecular flexibility index (Phi) is 7.85. The summed E-state index contributed by atoms with van der Waals surface area (Å²) in [5.41, 5.74) is -0.0679. The zero-order chi connectivity index (χ0) is 30.6. The molecular formula is C31H30BrClFN3O5. The fraction of sp³-hybridized carbons (Fsp3) is 0.323. The molecular weight excluding hydrogens is 629 g/mol. The predicted molar refractivity (Wildman–Crippen MR) is 162 cm³/mol. The number of hydrogen-bond acceptors (Lipinski definition) is 5. The van der Waals surface area contributed by atoms with Crippen LogP contribution in [-0.2, 0) is 15.0 Å². The standard InChI is InChI=1S/C31H30BrClFN3O5/c1-30(2,3)14-23-31(18-10-9-16(32)13-21(18)36-29(31)41)24(17-6-5-7-19(33)25(17)34)26(37-23)27(38)35-20-11-8-15(28(39)40)12-22(20)42-4/h5-13,23-24,26,37H,14H2,1-4H3,(H,35,38)(H,36,41)(H,39,40)/t23-,24+,26+,31?/m0/s1. The van der Waals surface area contributed by atoms with Gasteiger partial charge in [0, 0.05) is 22.1 Å². The van der Waals surface area contributed by atoms with Gasteiger partial charge in [-0.25, -0.2) is 9.18 Å². The average Bonchev–Trinajstić information content (AvgIpc) is 3.39. The number of aromatic carboxylic acids is 1. The van der Waals surface area contributed by atoms with Crippen molar-refractivity contribution in [3.63, 3.8) is 0 Å². The van der Waals surface area contributed by atoms with E-state index < -0.39 is 41.1 Å². The lowest BCUT2D eigenvalue weighted by Gasteiger charge is -2.37. The number of carbonyl (C=O) groups is 3. The monoisotopic (exact) mass is 657 g/mol. The van der Waals surface area contributed by atoms with Gasteiger partial charge < -0.3 is 25.8 Å². The van der Waals surface area contributed by atoms with Gasteiger partial charge in [-0.05, 0) is 59.4 Å². The molecule has 2 amide bonds. The van der Waals surface area contributed by atoms with Crippen LogP contribution in [0.25, 0.3) is 0 Å². The first-order chi connectivity index (χ1) is 19.8. The van der Waals surface area contributed by atoms with Crippen LogP contribution in [0.5, 0.6) is 5.75 Å². The zero-order valence-electron chi connectivity index (χ0n) is 23.3. The van der Waals surface area contributed by atoms with Crippen molar-refractivity contribution in [1.29, 1.82) is 0 Å². The van der Waals surface area contributed by atoms with Crippen LogP contribution in [0.3, 0.4) is 0 Å². The minimum atomic E-state index is -1.37. The Balaban J connectivity index is 1.70. The summed E-state index contributed by atoms with van der Waals surface area (Å²) >= 11 is 9.73. The molecule has 1 fully saturated rings. The number of fused-ring (bicyclic) bond motifs is 2. The summed E-state index contributed by atoms with van der Waals surface area (Å²) in [4.78, 5) is 39.9. The minimum Gasteiger partial charge on any atom is -0.495 e. The first kappa shape index (κ1) is 30.0. The normalized spacial score (nSPS) is 23.0. The Hall–Kier alpha value is -3.47. The fourth-order valence-corrected chi connectivity index (χ4v) is 6.83.